The predicted molar refractivity (Wildman–Crippen MR) is 114 cm³/mol. The van der Waals surface area contributed by atoms with E-state index in [-0.39, 0.29) is 0 Å². The second kappa shape index (κ2) is 8.87. The van der Waals surface area contributed by atoms with Crippen LogP contribution in [0.25, 0.3) is 0 Å². The van der Waals surface area contributed by atoms with Crippen LogP contribution in [0.4, 0.5) is 0 Å². The second-order valence-corrected chi connectivity index (χ2v) is 7.78. The number of hydrogen-bond donors (Lipinski definition) is 0. The highest BCUT2D eigenvalue weighted by atomic mass is 16.5. The second-order valence-electron chi connectivity index (χ2n) is 7.78. The third-order valence-corrected chi connectivity index (χ3v) is 6.06. The summed E-state index contributed by atoms with van der Waals surface area (Å²) in [4.78, 5) is 0. The molecular formula is C24H31N2O3+. The van der Waals surface area contributed by atoms with E-state index in [1.807, 2.05) is 6.07 Å². The molecule has 29 heavy (non-hydrogen) atoms. The first kappa shape index (κ1) is 19.8. The van der Waals surface area contributed by atoms with Crippen LogP contribution in [0.1, 0.15) is 36.5 Å². The summed E-state index contributed by atoms with van der Waals surface area (Å²) in [5, 5.41) is 2.51. The van der Waals surface area contributed by atoms with Crippen LogP contribution in [-0.2, 0) is 17.8 Å². The van der Waals surface area contributed by atoms with Crippen molar-refractivity contribution < 1.29 is 18.9 Å². The lowest BCUT2D eigenvalue weighted by Crippen LogP contribution is -2.46. The molecule has 2 aromatic carbocycles. The van der Waals surface area contributed by atoms with Gasteiger partial charge in [-0.2, -0.15) is 5.01 Å². The summed E-state index contributed by atoms with van der Waals surface area (Å²) < 4.78 is 19.6. The van der Waals surface area contributed by atoms with Crippen molar-refractivity contribution in [2.75, 3.05) is 33.9 Å². The normalized spacial score (nSPS) is 18.7. The minimum Gasteiger partial charge on any atom is -0.493 e. The van der Waals surface area contributed by atoms with E-state index in [1.54, 1.807) is 14.2 Å². The quantitative estimate of drug-likeness (QED) is 0.670. The molecule has 154 valence electrons. The molecule has 0 N–H and O–H groups in total. The van der Waals surface area contributed by atoms with Gasteiger partial charge < -0.3 is 14.2 Å². The standard InChI is InChI=1S/C24H31N2O3/c1-18-22-15-24(28-3)23(27-2)14-20(22)11-13-25(18)26-12-7-10-21(26)17-29-16-19-8-5-4-6-9-19/h4-6,8-9,14-15,21H,7,10-13,16-17H2,1-3H3/q+1/t21-/m0/s1. The van der Waals surface area contributed by atoms with Gasteiger partial charge in [0, 0.05) is 13.3 Å². The third-order valence-electron chi connectivity index (χ3n) is 6.06. The summed E-state index contributed by atoms with van der Waals surface area (Å²) in [7, 11) is 3.39. The van der Waals surface area contributed by atoms with Crippen LogP contribution in [0.2, 0.25) is 0 Å². The molecule has 0 aliphatic carbocycles. The van der Waals surface area contributed by atoms with Gasteiger partial charge >= 0.3 is 0 Å². The summed E-state index contributed by atoms with van der Waals surface area (Å²) in [6.45, 7) is 5.72. The maximum atomic E-state index is 6.08. The largest absolute Gasteiger partial charge is 0.493 e. The molecule has 2 aromatic rings. The highest BCUT2D eigenvalue weighted by Crippen LogP contribution is 2.33. The van der Waals surface area contributed by atoms with Crippen LogP contribution >= 0.6 is 0 Å². The topological polar surface area (TPSA) is 33.9 Å². The Morgan fingerprint density at radius 1 is 1.07 bits per heavy atom. The van der Waals surface area contributed by atoms with Gasteiger partial charge in [-0.05, 0) is 36.1 Å². The van der Waals surface area contributed by atoms with Gasteiger partial charge in [0.05, 0.1) is 39.5 Å². The van der Waals surface area contributed by atoms with Crippen molar-refractivity contribution in [2.45, 2.75) is 38.8 Å². The van der Waals surface area contributed by atoms with Crippen molar-refractivity contribution >= 4 is 5.71 Å². The van der Waals surface area contributed by atoms with Crippen LogP contribution in [0, 0.1) is 0 Å². The first-order valence-corrected chi connectivity index (χ1v) is 10.5. The first-order valence-electron chi connectivity index (χ1n) is 10.5. The van der Waals surface area contributed by atoms with E-state index < -0.39 is 0 Å². The van der Waals surface area contributed by atoms with Crippen molar-refractivity contribution in [1.29, 1.82) is 0 Å². The Hall–Kier alpha value is -2.53. The van der Waals surface area contributed by atoms with E-state index in [4.69, 9.17) is 14.2 Å². The van der Waals surface area contributed by atoms with E-state index in [0.29, 0.717) is 12.6 Å². The molecule has 0 spiro atoms. The van der Waals surface area contributed by atoms with E-state index in [0.717, 1.165) is 37.6 Å². The molecule has 0 amide bonds. The van der Waals surface area contributed by atoms with Crippen molar-refractivity contribution in [3.8, 4) is 11.5 Å². The molecule has 0 saturated carbocycles. The molecule has 0 bridgehead atoms. The lowest BCUT2D eigenvalue weighted by atomic mass is 9.97. The van der Waals surface area contributed by atoms with Gasteiger partial charge in [-0.1, -0.05) is 30.3 Å². The van der Waals surface area contributed by atoms with Crippen LogP contribution in [0.3, 0.4) is 0 Å². The molecule has 1 fully saturated rings. The first-order chi connectivity index (χ1) is 14.2. The van der Waals surface area contributed by atoms with Gasteiger partial charge in [-0.25, -0.2) is 0 Å². The van der Waals surface area contributed by atoms with Gasteiger partial charge in [0.25, 0.3) is 0 Å². The average molecular weight is 396 g/mol. The molecule has 1 atom stereocenters. The third kappa shape index (κ3) is 4.10. The number of ether oxygens (including phenoxy) is 3. The monoisotopic (exact) mass is 395 g/mol. The number of fused-ring (bicyclic) bond motifs is 1. The Kier molecular flexibility index (Phi) is 6.05. The number of nitrogens with zero attached hydrogens (tertiary/aromatic N) is 2. The number of benzene rings is 2. The molecule has 2 aliphatic heterocycles. The fourth-order valence-corrected chi connectivity index (χ4v) is 4.51. The Balaban J connectivity index is 1.50. The molecule has 5 heteroatoms. The number of hydrogen-bond acceptors (Lipinski definition) is 4. The fourth-order valence-electron chi connectivity index (χ4n) is 4.51. The lowest BCUT2D eigenvalue weighted by Gasteiger charge is -2.27. The minimum absolute atomic E-state index is 0.426. The van der Waals surface area contributed by atoms with Gasteiger partial charge in [-0.15, -0.1) is 4.68 Å². The average Bonchev–Trinajstić information content (AvgIpc) is 3.22. The summed E-state index contributed by atoms with van der Waals surface area (Å²) in [6.07, 6.45) is 3.39. The van der Waals surface area contributed by atoms with Crippen molar-refractivity contribution in [2.24, 2.45) is 0 Å². The number of hydrazone groups is 1. The highest BCUT2D eigenvalue weighted by Gasteiger charge is 2.36. The molecule has 0 unspecified atom stereocenters. The zero-order valence-corrected chi connectivity index (χ0v) is 17.7. The van der Waals surface area contributed by atoms with Crippen LogP contribution in [0.15, 0.2) is 42.5 Å². The van der Waals surface area contributed by atoms with E-state index >= 15 is 0 Å². The zero-order valence-electron chi connectivity index (χ0n) is 17.7. The number of rotatable bonds is 7. The van der Waals surface area contributed by atoms with E-state index in [9.17, 15) is 0 Å². The van der Waals surface area contributed by atoms with Crippen molar-refractivity contribution in [1.82, 2.24) is 5.01 Å². The van der Waals surface area contributed by atoms with Gasteiger partial charge in [0.15, 0.2) is 18.0 Å². The van der Waals surface area contributed by atoms with Gasteiger partial charge in [0.1, 0.15) is 6.04 Å². The van der Waals surface area contributed by atoms with Gasteiger partial charge in [0.2, 0.25) is 5.71 Å². The van der Waals surface area contributed by atoms with Crippen LogP contribution in [0.5, 0.6) is 11.5 Å². The molecule has 2 aliphatic rings. The van der Waals surface area contributed by atoms with E-state index in [1.165, 1.54) is 35.2 Å². The predicted octanol–water partition coefficient (Wildman–Crippen LogP) is 3.68. The highest BCUT2D eigenvalue weighted by molar-refractivity contribution is 5.97. The maximum Gasteiger partial charge on any atom is 0.210 e. The van der Waals surface area contributed by atoms with E-state index in [2.05, 4.69) is 53.0 Å². The molecule has 4 rings (SSSR count). The SMILES string of the molecule is COc1cc2c(cc1OC)C(C)=[N+](N1CCC[C@H]1COCc1ccccc1)CC2. The Morgan fingerprint density at radius 3 is 2.59 bits per heavy atom. The van der Waals surface area contributed by atoms with Crippen molar-refractivity contribution in [3.05, 3.63) is 59.2 Å². The van der Waals surface area contributed by atoms with Crippen molar-refractivity contribution in [3.63, 3.8) is 0 Å². The zero-order chi connectivity index (χ0) is 20.2. The maximum absolute atomic E-state index is 6.08. The Morgan fingerprint density at radius 2 is 1.83 bits per heavy atom. The molecule has 1 saturated heterocycles. The summed E-state index contributed by atoms with van der Waals surface area (Å²) in [5.74, 6) is 1.59. The minimum atomic E-state index is 0.426. The molecule has 0 radical (unpaired) electrons. The summed E-state index contributed by atoms with van der Waals surface area (Å²) in [5.41, 5.74) is 5.09. The smallest absolute Gasteiger partial charge is 0.210 e. The number of hydrazine groups is 1. The lowest BCUT2D eigenvalue weighted by molar-refractivity contribution is -0.695. The summed E-state index contributed by atoms with van der Waals surface area (Å²) >= 11 is 0. The number of methoxy groups -OCH3 is 2. The Labute approximate surface area is 173 Å². The molecule has 2 heterocycles. The molecule has 5 nitrogen and oxygen atoms in total. The fraction of sp³-hybridized carbons (Fsp3) is 0.458. The summed E-state index contributed by atoms with van der Waals surface area (Å²) in [6, 6.07) is 15.1. The Bertz CT molecular complexity index is 879. The van der Waals surface area contributed by atoms with Gasteiger partial charge in [-0.3, -0.25) is 0 Å². The molecule has 0 aromatic heterocycles. The van der Waals surface area contributed by atoms with Crippen LogP contribution in [-0.4, -0.2) is 55.4 Å². The van der Waals surface area contributed by atoms with Crippen LogP contribution < -0.4 is 9.47 Å². The molecular weight excluding hydrogens is 364 g/mol.